The predicted molar refractivity (Wildman–Crippen MR) is 80.6 cm³/mol. The van der Waals surface area contributed by atoms with E-state index in [4.69, 9.17) is 40.1 Å². The average Bonchev–Trinajstić information content (AvgIpc) is 2.36. The van der Waals surface area contributed by atoms with Gasteiger partial charge in [-0.1, -0.05) is 40.9 Å². The predicted octanol–water partition coefficient (Wildman–Crippen LogP) is 5.57. The minimum atomic E-state index is 0.372. The fourth-order valence-electron chi connectivity index (χ4n) is 1.63. The number of aryl methyl sites for hydroxylation is 1. The second kappa shape index (κ2) is 5.71. The van der Waals surface area contributed by atoms with Gasteiger partial charge in [-0.3, -0.25) is 0 Å². The molecule has 0 saturated heterocycles. The Labute approximate surface area is 126 Å². The third-order valence-corrected chi connectivity index (χ3v) is 3.68. The average molecular weight is 312 g/mol. The van der Waals surface area contributed by atoms with Crippen LogP contribution in [0.1, 0.15) is 11.1 Å². The van der Waals surface area contributed by atoms with Crippen molar-refractivity contribution < 1.29 is 0 Å². The van der Waals surface area contributed by atoms with E-state index in [9.17, 15) is 0 Å². The van der Waals surface area contributed by atoms with Gasteiger partial charge in [0.2, 0.25) is 0 Å². The number of nitrogens with one attached hydrogen (secondary N) is 1. The molecule has 2 aromatic rings. The van der Waals surface area contributed by atoms with Gasteiger partial charge in [-0.05, 0) is 36.8 Å². The van der Waals surface area contributed by atoms with Crippen molar-refractivity contribution in [3.63, 3.8) is 0 Å². The van der Waals surface area contributed by atoms with Crippen molar-refractivity contribution in [2.24, 2.45) is 0 Å². The second-order valence-corrected chi connectivity index (χ2v) is 5.20. The first-order valence-corrected chi connectivity index (χ1v) is 6.57. The lowest BCUT2D eigenvalue weighted by atomic mass is 10.1. The van der Waals surface area contributed by atoms with Gasteiger partial charge in [0.05, 0.1) is 27.0 Å². The first-order valence-electron chi connectivity index (χ1n) is 5.44. The summed E-state index contributed by atoms with van der Waals surface area (Å²) >= 11 is 18.2. The number of halogens is 3. The molecular formula is C14H9Cl3N2. The Balaban J connectivity index is 2.45. The van der Waals surface area contributed by atoms with Crippen LogP contribution in [0, 0.1) is 18.3 Å². The van der Waals surface area contributed by atoms with E-state index in [-0.39, 0.29) is 0 Å². The molecule has 5 heteroatoms. The monoisotopic (exact) mass is 310 g/mol. The van der Waals surface area contributed by atoms with Crippen molar-refractivity contribution in [1.29, 1.82) is 5.26 Å². The van der Waals surface area contributed by atoms with Crippen LogP contribution in [0.3, 0.4) is 0 Å². The summed E-state index contributed by atoms with van der Waals surface area (Å²) in [5.41, 5.74) is 2.49. The topological polar surface area (TPSA) is 35.8 Å². The zero-order valence-corrected chi connectivity index (χ0v) is 12.2. The molecular weight excluding hydrogens is 303 g/mol. The third-order valence-electron chi connectivity index (χ3n) is 2.64. The quantitative estimate of drug-likeness (QED) is 0.787. The summed E-state index contributed by atoms with van der Waals surface area (Å²) in [5, 5.41) is 13.7. The van der Waals surface area contributed by atoms with Crippen LogP contribution in [-0.2, 0) is 0 Å². The Hall–Kier alpha value is -1.40. The molecule has 0 amide bonds. The maximum Gasteiger partial charge on any atom is 0.103 e. The van der Waals surface area contributed by atoms with E-state index in [1.54, 1.807) is 30.3 Å². The fraction of sp³-hybridized carbons (Fsp3) is 0.0714. The molecule has 0 radical (unpaired) electrons. The Morgan fingerprint density at radius 2 is 1.74 bits per heavy atom. The van der Waals surface area contributed by atoms with E-state index >= 15 is 0 Å². The van der Waals surface area contributed by atoms with Crippen LogP contribution in [0.4, 0.5) is 11.4 Å². The third kappa shape index (κ3) is 2.96. The van der Waals surface area contributed by atoms with E-state index in [1.807, 2.05) is 6.92 Å². The summed E-state index contributed by atoms with van der Waals surface area (Å²) in [6.07, 6.45) is 0. The molecule has 0 aliphatic rings. The van der Waals surface area contributed by atoms with Crippen molar-refractivity contribution in [1.82, 2.24) is 0 Å². The van der Waals surface area contributed by atoms with Crippen molar-refractivity contribution in [3.05, 3.63) is 56.5 Å². The SMILES string of the molecule is Cc1cc(Cl)c(Nc2cccc(Cl)c2C#N)cc1Cl. The Bertz CT molecular complexity index is 675. The highest BCUT2D eigenvalue weighted by atomic mass is 35.5. The molecule has 0 aliphatic heterocycles. The number of hydrogen-bond acceptors (Lipinski definition) is 2. The van der Waals surface area contributed by atoms with Gasteiger partial charge in [-0.2, -0.15) is 5.26 Å². The van der Waals surface area contributed by atoms with Crippen molar-refractivity contribution in [2.75, 3.05) is 5.32 Å². The van der Waals surface area contributed by atoms with E-state index in [1.165, 1.54) is 0 Å². The van der Waals surface area contributed by atoms with Crippen molar-refractivity contribution >= 4 is 46.2 Å². The van der Waals surface area contributed by atoms with E-state index < -0.39 is 0 Å². The number of rotatable bonds is 2. The van der Waals surface area contributed by atoms with Crippen LogP contribution in [-0.4, -0.2) is 0 Å². The van der Waals surface area contributed by atoms with Crippen LogP contribution >= 0.6 is 34.8 Å². The Morgan fingerprint density at radius 3 is 2.42 bits per heavy atom. The molecule has 0 heterocycles. The van der Waals surface area contributed by atoms with Gasteiger partial charge >= 0.3 is 0 Å². The molecule has 2 aromatic carbocycles. The first-order chi connectivity index (χ1) is 9.02. The molecule has 2 rings (SSSR count). The molecule has 0 aliphatic carbocycles. The molecule has 0 unspecified atom stereocenters. The largest absolute Gasteiger partial charge is 0.353 e. The molecule has 0 spiro atoms. The molecule has 0 saturated carbocycles. The zero-order valence-electron chi connectivity index (χ0n) is 9.97. The van der Waals surface area contributed by atoms with Crippen molar-refractivity contribution in [3.8, 4) is 6.07 Å². The molecule has 1 N–H and O–H groups in total. The lowest BCUT2D eigenvalue weighted by Gasteiger charge is -2.12. The summed E-state index contributed by atoms with van der Waals surface area (Å²) in [6, 6.07) is 10.7. The highest BCUT2D eigenvalue weighted by Crippen LogP contribution is 2.33. The number of benzene rings is 2. The van der Waals surface area contributed by atoms with Crippen LogP contribution < -0.4 is 5.32 Å². The molecule has 19 heavy (non-hydrogen) atoms. The first kappa shape index (κ1) is 14.0. The van der Waals surface area contributed by atoms with Crippen LogP contribution in [0.25, 0.3) is 0 Å². The lowest BCUT2D eigenvalue weighted by molar-refractivity contribution is 1.43. The molecule has 0 bridgehead atoms. The van der Waals surface area contributed by atoms with E-state index in [0.29, 0.717) is 32.0 Å². The van der Waals surface area contributed by atoms with Gasteiger partial charge in [0.1, 0.15) is 6.07 Å². The fourth-order valence-corrected chi connectivity index (χ4v) is 2.28. The van der Waals surface area contributed by atoms with Crippen LogP contribution in [0.15, 0.2) is 30.3 Å². The van der Waals surface area contributed by atoms with E-state index in [0.717, 1.165) is 5.56 Å². The second-order valence-electron chi connectivity index (χ2n) is 3.98. The normalized spacial score (nSPS) is 10.1. The minimum absolute atomic E-state index is 0.372. The van der Waals surface area contributed by atoms with Crippen LogP contribution in [0.5, 0.6) is 0 Å². The standard InChI is InChI=1S/C14H9Cl3N2/c1-8-5-12(17)14(6-11(8)16)19-13-4-2-3-10(15)9(13)7-18/h2-6,19H,1H3. The summed E-state index contributed by atoms with van der Waals surface area (Å²) in [6.45, 7) is 1.87. The zero-order chi connectivity index (χ0) is 14.0. The van der Waals surface area contributed by atoms with Gasteiger partial charge in [-0.25, -0.2) is 0 Å². The number of anilines is 2. The molecule has 2 nitrogen and oxygen atoms in total. The lowest BCUT2D eigenvalue weighted by Crippen LogP contribution is -1.95. The highest BCUT2D eigenvalue weighted by molar-refractivity contribution is 6.36. The summed E-state index contributed by atoms with van der Waals surface area (Å²) in [4.78, 5) is 0. The molecule has 0 fully saturated rings. The summed E-state index contributed by atoms with van der Waals surface area (Å²) in [7, 11) is 0. The van der Waals surface area contributed by atoms with Gasteiger partial charge in [0, 0.05) is 5.02 Å². The Kier molecular flexibility index (Phi) is 4.21. The van der Waals surface area contributed by atoms with E-state index in [2.05, 4.69) is 11.4 Å². The Morgan fingerprint density at radius 1 is 1.00 bits per heavy atom. The molecule has 0 atom stereocenters. The maximum absolute atomic E-state index is 9.11. The van der Waals surface area contributed by atoms with Crippen molar-refractivity contribution in [2.45, 2.75) is 6.92 Å². The van der Waals surface area contributed by atoms with Gasteiger partial charge in [0.25, 0.3) is 0 Å². The van der Waals surface area contributed by atoms with Crippen LogP contribution in [0.2, 0.25) is 15.1 Å². The number of hydrogen-bond donors (Lipinski definition) is 1. The van der Waals surface area contributed by atoms with Gasteiger partial charge in [0.15, 0.2) is 0 Å². The smallest absolute Gasteiger partial charge is 0.103 e. The highest BCUT2D eigenvalue weighted by Gasteiger charge is 2.09. The summed E-state index contributed by atoms with van der Waals surface area (Å²) < 4.78 is 0. The molecule has 0 aromatic heterocycles. The minimum Gasteiger partial charge on any atom is -0.353 e. The maximum atomic E-state index is 9.11. The molecule has 96 valence electrons. The van der Waals surface area contributed by atoms with Gasteiger partial charge < -0.3 is 5.32 Å². The number of nitriles is 1. The number of nitrogens with zero attached hydrogens (tertiary/aromatic N) is 1. The van der Waals surface area contributed by atoms with Gasteiger partial charge in [-0.15, -0.1) is 0 Å². The summed E-state index contributed by atoms with van der Waals surface area (Å²) in [5.74, 6) is 0.